The fraction of sp³-hybridized carbons (Fsp3) is 0.594. The number of hydrogen-bond acceptors (Lipinski definition) is 3. The molecule has 1 amide bonds. The number of ether oxygens (including phenoxy) is 1. The van der Waals surface area contributed by atoms with Crippen LogP contribution in [-0.2, 0) is 4.74 Å². The third kappa shape index (κ3) is 3.12. The predicted molar refractivity (Wildman–Crippen MR) is 138 cm³/mol. The highest BCUT2D eigenvalue weighted by Crippen LogP contribution is 2.62. The molecule has 7 aliphatic rings. The molecule has 2 atom stereocenters. The van der Waals surface area contributed by atoms with Gasteiger partial charge < -0.3 is 14.7 Å². The van der Waals surface area contributed by atoms with Gasteiger partial charge in [0.25, 0.3) is 0 Å². The summed E-state index contributed by atoms with van der Waals surface area (Å²) in [6, 6.07) is 17.3. The molecule has 4 nitrogen and oxygen atoms in total. The first-order chi connectivity index (χ1) is 17.6. The van der Waals surface area contributed by atoms with Crippen LogP contribution in [0.3, 0.4) is 0 Å². The van der Waals surface area contributed by atoms with Gasteiger partial charge in [0.2, 0.25) is 0 Å². The maximum absolute atomic E-state index is 13.5. The molecule has 2 aromatic rings. The number of piperidine rings is 1. The van der Waals surface area contributed by atoms with Crippen molar-refractivity contribution in [3.8, 4) is 11.1 Å². The number of hydrogen-bond donors (Lipinski definition) is 1. The van der Waals surface area contributed by atoms with E-state index in [0.29, 0.717) is 24.4 Å². The molecule has 6 bridgehead atoms. The maximum atomic E-state index is 13.5. The summed E-state index contributed by atoms with van der Waals surface area (Å²) in [7, 11) is 0. The number of aliphatic hydroxyl groups is 1. The van der Waals surface area contributed by atoms with Crippen LogP contribution in [0.4, 0.5) is 4.79 Å². The van der Waals surface area contributed by atoms with Crippen LogP contribution in [0.5, 0.6) is 0 Å². The van der Waals surface area contributed by atoms with Crippen molar-refractivity contribution in [2.45, 2.75) is 81.4 Å². The van der Waals surface area contributed by atoms with Crippen molar-refractivity contribution in [3.63, 3.8) is 0 Å². The van der Waals surface area contributed by atoms with Gasteiger partial charge in [0, 0.05) is 18.0 Å². The van der Waals surface area contributed by atoms with Gasteiger partial charge in [-0.3, -0.25) is 0 Å². The molecule has 188 valence electrons. The highest BCUT2D eigenvalue weighted by atomic mass is 16.6. The lowest BCUT2D eigenvalue weighted by atomic mass is 9.47. The molecule has 4 heteroatoms. The van der Waals surface area contributed by atoms with E-state index in [2.05, 4.69) is 48.5 Å². The molecule has 1 N–H and O–H groups in total. The summed E-state index contributed by atoms with van der Waals surface area (Å²) in [5.74, 6) is 3.82. The van der Waals surface area contributed by atoms with Crippen LogP contribution >= 0.6 is 0 Å². The van der Waals surface area contributed by atoms with Crippen molar-refractivity contribution in [1.29, 1.82) is 0 Å². The minimum absolute atomic E-state index is 0.0915. The maximum Gasteiger partial charge on any atom is 0.410 e. The number of carbonyl (C=O) groups excluding carboxylic acids is 1. The van der Waals surface area contributed by atoms with Crippen LogP contribution < -0.4 is 0 Å². The molecule has 2 aromatic carbocycles. The molecular weight excluding hydrogens is 446 g/mol. The first-order valence-electron chi connectivity index (χ1n) is 14.4. The topological polar surface area (TPSA) is 49.8 Å². The van der Waals surface area contributed by atoms with E-state index in [1.165, 1.54) is 54.4 Å². The Balaban J connectivity index is 0.988. The highest BCUT2D eigenvalue weighted by Gasteiger charge is 2.60. The molecule has 2 saturated heterocycles. The summed E-state index contributed by atoms with van der Waals surface area (Å²) in [5.41, 5.74) is 4.43. The normalized spacial score (nSPS) is 39.8. The average Bonchev–Trinajstić information content (AvgIpc) is 3.34. The van der Waals surface area contributed by atoms with Gasteiger partial charge in [-0.1, -0.05) is 48.5 Å². The summed E-state index contributed by atoms with van der Waals surface area (Å²) >= 11 is 0. The van der Waals surface area contributed by atoms with E-state index in [-0.39, 0.29) is 24.1 Å². The second kappa shape index (κ2) is 7.84. The van der Waals surface area contributed by atoms with E-state index in [0.717, 1.165) is 37.5 Å². The standard InChI is InChI=1S/C32H37NO3/c34-31(36-18-29-27-7-3-1-5-25(27)26-6-2-4-8-28(26)29)33-23-9-10-24(33)17-32(35,16-23)30-21-12-19-11-20(14-21)15-22(30)13-19/h1-8,19-24,29-30,35H,9-18H2. The quantitative estimate of drug-likeness (QED) is 0.552. The SMILES string of the molecule is O=C(OCC1c2ccccc2-c2ccccc21)N1C2CCC1CC(O)(C1C3CC4CC(C3)CC1C4)C2. The van der Waals surface area contributed by atoms with Crippen molar-refractivity contribution in [2.75, 3.05) is 6.61 Å². The van der Waals surface area contributed by atoms with Crippen LogP contribution in [0.1, 0.15) is 74.8 Å². The van der Waals surface area contributed by atoms with E-state index >= 15 is 0 Å². The van der Waals surface area contributed by atoms with E-state index in [1.54, 1.807) is 0 Å². The van der Waals surface area contributed by atoms with Gasteiger partial charge in [0.1, 0.15) is 6.61 Å². The van der Waals surface area contributed by atoms with Crippen LogP contribution in [0.2, 0.25) is 0 Å². The third-order valence-corrected chi connectivity index (χ3v) is 11.2. The Labute approximate surface area is 214 Å². The minimum atomic E-state index is -0.589. The number of amides is 1. The molecule has 0 spiro atoms. The molecule has 0 radical (unpaired) electrons. The van der Waals surface area contributed by atoms with Gasteiger partial charge in [0.05, 0.1) is 5.60 Å². The number of fused-ring (bicyclic) bond motifs is 5. The molecule has 5 aliphatic carbocycles. The van der Waals surface area contributed by atoms with Crippen LogP contribution in [0.25, 0.3) is 11.1 Å². The zero-order valence-electron chi connectivity index (χ0n) is 21.0. The monoisotopic (exact) mass is 483 g/mol. The zero-order valence-corrected chi connectivity index (χ0v) is 21.0. The van der Waals surface area contributed by atoms with Crippen molar-refractivity contribution >= 4 is 6.09 Å². The zero-order chi connectivity index (χ0) is 24.0. The fourth-order valence-electron chi connectivity index (χ4n) is 10.3. The van der Waals surface area contributed by atoms with E-state index < -0.39 is 5.60 Å². The lowest BCUT2D eigenvalue weighted by Gasteiger charge is -2.60. The molecule has 0 aromatic heterocycles. The Morgan fingerprint density at radius 1 is 0.833 bits per heavy atom. The van der Waals surface area contributed by atoms with Gasteiger partial charge in [-0.25, -0.2) is 4.79 Å². The first-order valence-corrected chi connectivity index (χ1v) is 14.4. The largest absolute Gasteiger partial charge is 0.448 e. The second-order valence-corrected chi connectivity index (χ2v) is 13.1. The lowest BCUT2D eigenvalue weighted by molar-refractivity contribution is -0.169. The third-order valence-electron chi connectivity index (χ3n) is 11.2. The summed E-state index contributed by atoms with van der Waals surface area (Å²) < 4.78 is 6.07. The van der Waals surface area contributed by atoms with Crippen molar-refractivity contribution < 1.29 is 14.6 Å². The van der Waals surface area contributed by atoms with Crippen LogP contribution in [0.15, 0.2) is 48.5 Å². The van der Waals surface area contributed by atoms with Crippen molar-refractivity contribution in [3.05, 3.63) is 59.7 Å². The van der Waals surface area contributed by atoms with Gasteiger partial charge in [-0.2, -0.15) is 0 Å². The van der Waals surface area contributed by atoms with Crippen LogP contribution in [-0.4, -0.2) is 40.4 Å². The van der Waals surface area contributed by atoms with E-state index in [1.807, 2.05) is 4.90 Å². The molecule has 6 fully saturated rings. The minimum Gasteiger partial charge on any atom is -0.448 e. The van der Waals surface area contributed by atoms with Gasteiger partial charge in [-0.15, -0.1) is 0 Å². The lowest BCUT2D eigenvalue weighted by Crippen LogP contribution is -2.61. The van der Waals surface area contributed by atoms with Crippen molar-refractivity contribution in [2.24, 2.45) is 29.6 Å². The van der Waals surface area contributed by atoms with Gasteiger partial charge in [0.15, 0.2) is 0 Å². The number of benzene rings is 2. The molecule has 2 heterocycles. The molecule has 36 heavy (non-hydrogen) atoms. The highest BCUT2D eigenvalue weighted by molar-refractivity contribution is 5.79. The van der Waals surface area contributed by atoms with Gasteiger partial charge in [-0.05, 0) is 110 Å². The Morgan fingerprint density at radius 2 is 1.36 bits per heavy atom. The molecule has 2 aliphatic heterocycles. The Bertz CT molecular complexity index is 1120. The number of nitrogens with zero attached hydrogens (tertiary/aromatic N) is 1. The molecule has 2 unspecified atom stereocenters. The van der Waals surface area contributed by atoms with E-state index in [9.17, 15) is 9.90 Å². The van der Waals surface area contributed by atoms with Crippen molar-refractivity contribution in [1.82, 2.24) is 4.90 Å². The smallest absolute Gasteiger partial charge is 0.410 e. The Kier molecular flexibility index (Phi) is 4.73. The fourth-order valence-corrected chi connectivity index (χ4v) is 10.3. The van der Waals surface area contributed by atoms with E-state index in [4.69, 9.17) is 4.74 Å². The molecule has 4 saturated carbocycles. The first kappa shape index (κ1) is 21.7. The number of carbonyl (C=O) groups is 1. The predicted octanol–water partition coefficient (Wildman–Crippen LogP) is 6.37. The Morgan fingerprint density at radius 3 is 1.92 bits per heavy atom. The number of rotatable bonds is 3. The summed E-state index contributed by atoms with van der Waals surface area (Å²) in [6.45, 7) is 0.378. The average molecular weight is 484 g/mol. The molecule has 9 rings (SSSR count). The summed E-state index contributed by atoms with van der Waals surface area (Å²) in [5, 5.41) is 12.1. The van der Waals surface area contributed by atoms with Gasteiger partial charge >= 0.3 is 6.09 Å². The second-order valence-electron chi connectivity index (χ2n) is 13.1. The summed E-state index contributed by atoms with van der Waals surface area (Å²) in [6.07, 6.45) is 10.1. The van der Waals surface area contributed by atoms with Crippen LogP contribution in [0, 0.1) is 29.6 Å². The Hall–Kier alpha value is -2.33. The molecular formula is C32H37NO3. The summed E-state index contributed by atoms with van der Waals surface area (Å²) in [4.78, 5) is 15.5.